The molecule has 1 fully saturated rings. The highest BCUT2D eigenvalue weighted by molar-refractivity contribution is 8.01. The molecule has 2 amide bonds. The molecule has 1 aromatic heterocycles. The monoisotopic (exact) mass is 461 g/mol. The first-order valence-corrected chi connectivity index (χ1v) is 11.2. The molecule has 13 heteroatoms. The quantitative estimate of drug-likeness (QED) is 0.365. The van der Waals surface area contributed by atoms with Crippen LogP contribution in [0.15, 0.2) is 46.8 Å². The zero-order valence-corrected chi connectivity index (χ0v) is 17.8. The fourth-order valence-corrected chi connectivity index (χ4v) is 5.63. The molecule has 3 atom stereocenters. The lowest BCUT2D eigenvalue weighted by molar-refractivity contribution is -0.301. The predicted molar refractivity (Wildman–Crippen MR) is 108 cm³/mol. The number of nitrogens with one attached hydrogen (secondary N) is 1. The molecule has 2 aliphatic rings. The summed E-state index contributed by atoms with van der Waals surface area (Å²) in [7, 11) is 1.66. The summed E-state index contributed by atoms with van der Waals surface area (Å²) in [6.07, 6.45) is -1.43. The van der Waals surface area contributed by atoms with Crippen LogP contribution in [0.1, 0.15) is 11.7 Å². The van der Waals surface area contributed by atoms with E-state index in [0.717, 1.165) is 4.90 Å². The van der Waals surface area contributed by atoms with Gasteiger partial charge in [0.1, 0.15) is 11.4 Å². The van der Waals surface area contributed by atoms with Crippen LogP contribution in [0.3, 0.4) is 0 Å². The Labute approximate surface area is 184 Å². The Kier molecular flexibility index (Phi) is 5.98. The van der Waals surface area contributed by atoms with Gasteiger partial charge in [-0.15, -0.1) is 16.9 Å². The largest absolute Gasteiger partial charge is 0.543 e. The van der Waals surface area contributed by atoms with Gasteiger partial charge in [-0.05, 0) is 21.6 Å². The van der Waals surface area contributed by atoms with E-state index in [0.29, 0.717) is 22.0 Å². The molecule has 0 aliphatic carbocycles. The molecule has 0 radical (unpaired) electrons. The Hall–Kier alpha value is -2.90. The van der Waals surface area contributed by atoms with E-state index in [1.165, 1.54) is 28.2 Å². The minimum absolute atomic E-state index is 0.189. The number of aliphatic hydroxyl groups excluding tert-OH is 1. The van der Waals surface area contributed by atoms with Crippen molar-refractivity contribution in [3.63, 3.8) is 0 Å². The zero-order valence-electron chi connectivity index (χ0n) is 16.2. The smallest absolute Gasteiger partial charge is 0.254 e. The van der Waals surface area contributed by atoms with E-state index in [-0.39, 0.29) is 11.4 Å². The number of carbonyl (C=O) groups is 3. The number of carboxylic acids is 1. The Morgan fingerprint density at radius 2 is 2.13 bits per heavy atom. The number of aliphatic carboxylic acids is 1. The van der Waals surface area contributed by atoms with Crippen molar-refractivity contribution >= 4 is 41.3 Å². The van der Waals surface area contributed by atoms with Crippen molar-refractivity contribution in [1.29, 1.82) is 0 Å². The maximum Gasteiger partial charge on any atom is 0.254 e. The Morgan fingerprint density at radius 3 is 2.77 bits per heavy atom. The molecule has 11 nitrogen and oxygen atoms in total. The Balaban J connectivity index is 1.46. The number of thioether (sulfide) groups is 2. The molecular weight excluding hydrogens is 444 g/mol. The van der Waals surface area contributed by atoms with Gasteiger partial charge < -0.3 is 20.3 Å². The van der Waals surface area contributed by atoms with Crippen molar-refractivity contribution in [2.45, 2.75) is 22.7 Å². The molecule has 1 saturated heterocycles. The lowest BCUT2D eigenvalue weighted by Gasteiger charge is -2.51. The van der Waals surface area contributed by atoms with Gasteiger partial charge in [0.25, 0.3) is 11.8 Å². The van der Waals surface area contributed by atoms with E-state index in [2.05, 4.69) is 20.8 Å². The van der Waals surface area contributed by atoms with Crippen molar-refractivity contribution in [2.75, 3.05) is 11.5 Å². The van der Waals surface area contributed by atoms with Crippen molar-refractivity contribution in [1.82, 2.24) is 30.4 Å². The molecule has 2 aliphatic heterocycles. The van der Waals surface area contributed by atoms with Gasteiger partial charge in [-0.25, -0.2) is 4.68 Å². The molecule has 162 valence electrons. The first-order valence-electron chi connectivity index (χ1n) is 9.15. The Bertz CT molecular complexity index is 1060. The van der Waals surface area contributed by atoms with E-state index >= 15 is 0 Å². The van der Waals surface area contributed by atoms with Gasteiger partial charge in [0, 0.05) is 18.6 Å². The van der Waals surface area contributed by atoms with Gasteiger partial charge in [-0.2, -0.15) is 0 Å². The molecular formula is C18H17N6O5S2-. The highest BCUT2D eigenvalue weighted by Crippen LogP contribution is 2.41. The number of tetrazole rings is 1. The average Bonchev–Trinajstić information content (AvgIpc) is 3.19. The summed E-state index contributed by atoms with van der Waals surface area (Å²) in [5.41, 5.74) is 0.718. The van der Waals surface area contributed by atoms with Gasteiger partial charge in [-0.1, -0.05) is 42.1 Å². The van der Waals surface area contributed by atoms with Crippen LogP contribution in [-0.2, 0) is 21.4 Å². The number of nitrogens with zero attached hydrogens (tertiary/aromatic N) is 5. The third kappa shape index (κ3) is 4.03. The maximum atomic E-state index is 12.7. The predicted octanol–water partition coefficient (Wildman–Crippen LogP) is -1.56. The highest BCUT2D eigenvalue weighted by Gasteiger charge is 2.53. The van der Waals surface area contributed by atoms with Crippen LogP contribution in [0, 0.1) is 0 Å². The number of β-lactam (4-membered cyclic amide) rings is 1. The molecule has 0 bridgehead atoms. The lowest BCUT2D eigenvalue weighted by atomic mass is 10.0. The molecule has 4 rings (SSSR count). The van der Waals surface area contributed by atoms with Gasteiger partial charge in [0.15, 0.2) is 6.10 Å². The van der Waals surface area contributed by atoms with Crippen LogP contribution < -0.4 is 10.4 Å². The third-order valence-corrected chi connectivity index (χ3v) is 7.30. The lowest BCUT2D eigenvalue weighted by Crippen LogP contribution is -2.71. The first kappa shape index (κ1) is 21.3. The summed E-state index contributed by atoms with van der Waals surface area (Å²) in [6, 6.07) is 7.40. The summed E-state index contributed by atoms with van der Waals surface area (Å²) in [5.74, 6) is -2.14. The van der Waals surface area contributed by atoms with E-state index in [4.69, 9.17) is 0 Å². The normalized spacial score (nSPS) is 21.4. The second kappa shape index (κ2) is 8.69. The van der Waals surface area contributed by atoms with Crippen LogP contribution in [-0.4, -0.2) is 70.9 Å². The number of benzene rings is 1. The van der Waals surface area contributed by atoms with E-state index in [1.807, 2.05) is 0 Å². The van der Waals surface area contributed by atoms with Crippen molar-refractivity contribution in [3.05, 3.63) is 47.2 Å². The SMILES string of the molecule is Cn1nnnc1SCC1=C(C(=O)[O-])N2C(=O)C(NC(=O)[C@H](O)c3ccccc3)C2SC1. The molecule has 2 N–H and O–H groups in total. The number of fused-ring (bicyclic) bond motifs is 1. The minimum Gasteiger partial charge on any atom is -0.543 e. The first-order chi connectivity index (χ1) is 14.9. The molecule has 2 unspecified atom stereocenters. The number of hydrogen-bond acceptors (Lipinski definition) is 10. The second-order valence-corrected chi connectivity index (χ2v) is 8.87. The number of carbonyl (C=O) groups excluding carboxylic acids is 3. The maximum absolute atomic E-state index is 12.7. The minimum atomic E-state index is -1.46. The summed E-state index contributed by atoms with van der Waals surface area (Å²) in [5, 5.41) is 35.6. The number of aliphatic hydroxyl groups is 1. The van der Waals surface area contributed by atoms with Crippen LogP contribution >= 0.6 is 23.5 Å². The zero-order chi connectivity index (χ0) is 22.1. The standard InChI is InChI=1S/C18H18N6O5S2/c1-23-18(20-21-22-23)31-8-10-7-30-16-11(15(27)24(16)12(10)17(28)29)19-14(26)13(25)9-5-3-2-4-6-9/h2-6,11,13,16,25H,7-8H2,1H3,(H,19,26)(H,28,29)/p-1/t11?,13-,16?/m1/s1. The van der Waals surface area contributed by atoms with Crippen LogP contribution in [0.2, 0.25) is 0 Å². The summed E-state index contributed by atoms with van der Waals surface area (Å²) in [6.45, 7) is 0. The number of carboxylic acid groups (broad SMARTS) is 1. The average molecular weight is 462 g/mol. The van der Waals surface area contributed by atoms with E-state index in [1.54, 1.807) is 37.4 Å². The molecule has 3 heterocycles. The summed E-state index contributed by atoms with van der Waals surface area (Å²) < 4.78 is 1.46. The van der Waals surface area contributed by atoms with Crippen molar-refractivity contribution in [3.8, 4) is 0 Å². The van der Waals surface area contributed by atoms with Gasteiger partial charge in [0.2, 0.25) is 5.16 Å². The van der Waals surface area contributed by atoms with Gasteiger partial charge in [-0.3, -0.25) is 14.5 Å². The highest BCUT2D eigenvalue weighted by atomic mass is 32.2. The molecule has 0 saturated carbocycles. The summed E-state index contributed by atoms with van der Waals surface area (Å²) >= 11 is 2.58. The van der Waals surface area contributed by atoms with Crippen molar-refractivity contribution < 1.29 is 24.6 Å². The van der Waals surface area contributed by atoms with Crippen LogP contribution in [0.4, 0.5) is 0 Å². The number of hydrogen-bond donors (Lipinski definition) is 2. The number of amides is 2. The number of aromatic nitrogens is 4. The molecule has 31 heavy (non-hydrogen) atoms. The third-order valence-electron chi connectivity index (χ3n) is 4.86. The second-order valence-electron chi connectivity index (χ2n) is 6.82. The van der Waals surface area contributed by atoms with Crippen LogP contribution in [0.25, 0.3) is 0 Å². The van der Waals surface area contributed by atoms with Gasteiger partial charge >= 0.3 is 0 Å². The fraction of sp³-hybridized carbons (Fsp3) is 0.333. The van der Waals surface area contributed by atoms with E-state index in [9.17, 15) is 24.6 Å². The Morgan fingerprint density at radius 1 is 1.39 bits per heavy atom. The van der Waals surface area contributed by atoms with Gasteiger partial charge in [0.05, 0.1) is 11.7 Å². The molecule has 0 spiro atoms. The van der Waals surface area contributed by atoms with E-state index < -0.39 is 35.3 Å². The summed E-state index contributed by atoms with van der Waals surface area (Å²) in [4.78, 5) is 38.0. The fourth-order valence-electron chi connectivity index (χ4n) is 3.30. The number of aryl methyl sites for hydroxylation is 1. The topological polar surface area (TPSA) is 153 Å². The molecule has 2 aromatic rings. The van der Waals surface area contributed by atoms with Crippen LogP contribution in [0.5, 0.6) is 0 Å². The molecule has 1 aromatic carbocycles. The number of rotatable bonds is 7. The van der Waals surface area contributed by atoms with Crippen molar-refractivity contribution in [2.24, 2.45) is 7.05 Å².